The third kappa shape index (κ3) is 6.30. The van der Waals surface area contributed by atoms with E-state index in [2.05, 4.69) is 168 Å². The summed E-state index contributed by atoms with van der Waals surface area (Å²) < 4.78 is 16.3. The fourth-order valence-corrected chi connectivity index (χ4v) is 10.3. The second-order valence-corrected chi connectivity index (χ2v) is 17.5. The molecular weight excluding hydrogens is 845 g/mol. The normalized spacial score (nSPS) is 11.8. The number of rotatable bonds is 7. The maximum absolute atomic E-state index is 6.99. The second-order valence-electron chi connectivity index (χ2n) is 17.5. The van der Waals surface area contributed by atoms with Crippen LogP contribution in [0.3, 0.4) is 0 Å². The molecule has 0 saturated heterocycles. The highest BCUT2D eigenvalue weighted by Gasteiger charge is 2.23. The average molecular weight is 883 g/mol. The Morgan fingerprint density at radius 3 is 1.61 bits per heavy atom. The molecule has 0 spiro atoms. The molecule has 4 aromatic heterocycles. The van der Waals surface area contributed by atoms with E-state index in [0.717, 1.165) is 99.5 Å². The summed E-state index contributed by atoms with van der Waals surface area (Å²) in [5.74, 6) is 1.85. The number of hydrogen-bond acceptors (Lipinski definition) is 5. The number of benzene rings is 10. The van der Waals surface area contributed by atoms with Gasteiger partial charge in [0.2, 0.25) is 0 Å². The number of para-hydroxylation sites is 3. The number of nitrogens with zero attached hydrogens (tertiary/aromatic N) is 4. The molecule has 6 nitrogen and oxygen atoms in total. The van der Waals surface area contributed by atoms with Crippen LogP contribution in [0.25, 0.3) is 139 Å². The number of furan rings is 2. The summed E-state index contributed by atoms with van der Waals surface area (Å²) in [5, 5.41) is 6.54. The molecule has 0 aliphatic heterocycles. The van der Waals surface area contributed by atoms with Gasteiger partial charge in [-0.05, 0) is 76.3 Å². The van der Waals surface area contributed by atoms with Gasteiger partial charge in [-0.25, -0.2) is 15.0 Å². The van der Waals surface area contributed by atoms with Crippen molar-refractivity contribution in [3.05, 3.63) is 231 Å². The molecule has 0 radical (unpaired) electrons. The summed E-state index contributed by atoms with van der Waals surface area (Å²) in [6.45, 7) is 0. The standard InChI is InChI=1S/C63H38N4O2/c1-4-17-39(18-5-1)42-33-36-53-51(38-42)46-25-10-12-29-52(46)67(53)54-30-15-28-50-57-47(27-16-32-56(57)69-59(50)54)48-35-34-45(58-49-26-11-13-31-55(49)68-60(48)58)43-23-14-24-44(37-43)63-65-61(40-19-6-2-7-20-40)64-62(66-63)41-21-8-3-9-22-41/h1-38H. The van der Waals surface area contributed by atoms with E-state index < -0.39 is 0 Å². The molecule has 322 valence electrons. The summed E-state index contributed by atoms with van der Waals surface area (Å²) in [5.41, 5.74) is 15.7. The Kier molecular flexibility index (Phi) is 8.79. The highest BCUT2D eigenvalue weighted by Crippen LogP contribution is 2.47. The summed E-state index contributed by atoms with van der Waals surface area (Å²) in [4.78, 5) is 15.0. The predicted molar refractivity (Wildman–Crippen MR) is 281 cm³/mol. The zero-order chi connectivity index (χ0) is 45.4. The third-order valence-electron chi connectivity index (χ3n) is 13.5. The second kappa shape index (κ2) is 15.6. The molecule has 0 fully saturated rings. The topological polar surface area (TPSA) is 69.9 Å². The summed E-state index contributed by atoms with van der Waals surface area (Å²) in [6, 6.07) is 80.2. The van der Waals surface area contributed by atoms with Gasteiger partial charge in [0.05, 0.1) is 16.7 Å². The number of hydrogen-bond donors (Lipinski definition) is 0. The van der Waals surface area contributed by atoms with Crippen LogP contribution in [0, 0.1) is 0 Å². The van der Waals surface area contributed by atoms with Crippen LogP contribution in [0.2, 0.25) is 0 Å². The van der Waals surface area contributed by atoms with E-state index in [4.69, 9.17) is 23.8 Å². The van der Waals surface area contributed by atoms with E-state index in [0.29, 0.717) is 17.5 Å². The van der Waals surface area contributed by atoms with Crippen LogP contribution < -0.4 is 0 Å². The molecule has 4 heterocycles. The third-order valence-corrected chi connectivity index (χ3v) is 13.5. The summed E-state index contributed by atoms with van der Waals surface area (Å²) in [6.07, 6.45) is 0. The first-order valence-corrected chi connectivity index (χ1v) is 23.2. The van der Waals surface area contributed by atoms with Crippen molar-refractivity contribution in [2.45, 2.75) is 0 Å². The van der Waals surface area contributed by atoms with Crippen LogP contribution in [-0.2, 0) is 0 Å². The Labute approximate surface area is 396 Å². The Morgan fingerprint density at radius 1 is 0.290 bits per heavy atom. The molecule has 69 heavy (non-hydrogen) atoms. The van der Waals surface area contributed by atoms with Gasteiger partial charge in [0.15, 0.2) is 23.1 Å². The fraction of sp³-hybridized carbons (Fsp3) is 0. The summed E-state index contributed by atoms with van der Waals surface area (Å²) in [7, 11) is 0. The van der Waals surface area contributed by atoms with Crippen molar-refractivity contribution in [1.82, 2.24) is 19.5 Å². The molecule has 0 aliphatic carbocycles. The van der Waals surface area contributed by atoms with Crippen molar-refractivity contribution in [2.24, 2.45) is 0 Å². The lowest BCUT2D eigenvalue weighted by Gasteiger charge is -2.12. The Hall–Kier alpha value is -9.39. The van der Waals surface area contributed by atoms with Gasteiger partial charge in [-0.1, -0.05) is 182 Å². The molecule has 0 bridgehead atoms. The Balaban J connectivity index is 0.936. The van der Waals surface area contributed by atoms with E-state index in [1.807, 2.05) is 66.7 Å². The molecule has 0 unspecified atom stereocenters. The minimum Gasteiger partial charge on any atom is -0.455 e. The number of fused-ring (bicyclic) bond motifs is 9. The maximum atomic E-state index is 6.99. The van der Waals surface area contributed by atoms with E-state index in [1.54, 1.807) is 0 Å². The SMILES string of the molecule is c1ccc(-c2ccc3c(c2)c2ccccc2n3-c2cccc3c2oc2cccc(-c4ccc(-c5cccc(-c6nc(-c7ccccc7)nc(-c7ccccc7)n6)c5)c5c4oc4ccccc45)c23)cc1. The van der Waals surface area contributed by atoms with Gasteiger partial charge in [0.25, 0.3) is 0 Å². The van der Waals surface area contributed by atoms with Gasteiger partial charge >= 0.3 is 0 Å². The van der Waals surface area contributed by atoms with E-state index >= 15 is 0 Å². The van der Waals surface area contributed by atoms with Gasteiger partial charge in [-0.2, -0.15) is 0 Å². The minimum absolute atomic E-state index is 0.602. The van der Waals surface area contributed by atoms with E-state index in [1.165, 1.54) is 21.9 Å². The zero-order valence-electron chi connectivity index (χ0n) is 37.0. The van der Waals surface area contributed by atoms with Crippen LogP contribution in [0.15, 0.2) is 239 Å². The van der Waals surface area contributed by atoms with Crippen molar-refractivity contribution in [3.8, 4) is 73.2 Å². The van der Waals surface area contributed by atoms with Crippen molar-refractivity contribution < 1.29 is 8.83 Å². The lowest BCUT2D eigenvalue weighted by molar-refractivity contribution is 0.666. The first-order valence-electron chi connectivity index (χ1n) is 23.2. The van der Waals surface area contributed by atoms with Gasteiger partial charge < -0.3 is 13.4 Å². The van der Waals surface area contributed by atoms with E-state index in [9.17, 15) is 0 Å². The first-order chi connectivity index (χ1) is 34.2. The van der Waals surface area contributed by atoms with Crippen LogP contribution in [0.1, 0.15) is 0 Å². The Morgan fingerprint density at radius 2 is 0.841 bits per heavy atom. The summed E-state index contributed by atoms with van der Waals surface area (Å²) >= 11 is 0. The predicted octanol–water partition coefficient (Wildman–Crippen LogP) is 16.8. The van der Waals surface area contributed by atoms with Gasteiger partial charge in [-0.3, -0.25) is 0 Å². The molecular formula is C63H38N4O2. The average Bonchev–Trinajstić information content (AvgIpc) is 4.11. The van der Waals surface area contributed by atoms with Crippen LogP contribution in [-0.4, -0.2) is 19.5 Å². The quantitative estimate of drug-likeness (QED) is 0.159. The van der Waals surface area contributed by atoms with Gasteiger partial charge in [-0.15, -0.1) is 0 Å². The molecule has 14 aromatic rings. The molecule has 14 rings (SSSR count). The number of aromatic nitrogens is 4. The highest BCUT2D eigenvalue weighted by molar-refractivity contribution is 6.21. The first kappa shape index (κ1) is 38.8. The lowest BCUT2D eigenvalue weighted by Crippen LogP contribution is -2.00. The van der Waals surface area contributed by atoms with E-state index in [-0.39, 0.29) is 0 Å². The smallest absolute Gasteiger partial charge is 0.164 e. The van der Waals surface area contributed by atoms with Crippen molar-refractivity contribution in [3.63, 3.8) is 0 Å². The fourth-order valence-electron chi connectivity index (χ4n) is 10.3. The van der Waals surface area contributed by atoms with Crippen LogP contribution in [0.4, 0.5) is 0 Å². The Bertz CT molecular complexity index is 4250. The monoisotopic (exact) mass is 882 g/mol. The maximum Gasteiger partial charge on any atom is 0.164 e. The molecule has 0 N–H and O–H groups in total. The molecule has 6 heteroatoms. The van der Waals surface area contributed by atoms with Crippen molar-refractivity contribution in [1.29, 1.82) is 0 Å². The molecule has 0 amide bonds. The van der Waals surface area contributed by atoms with Gasteiger partial charge in [0, 0.05) is 54.6 Å². The largest absolute Gasteiger partial charge is 0.455 e. The zero-order valence-corrected chi connectivity index (χ0v) is 37.0. The molecule has 0 atom stereocenters. The molecule has 0 saturated carbocycles. The van der Waals surface area contributed by atoms with Crippen molar-refractivity contribution in [2.75, 3.05) is 0 Å². The van der Waals surface area contributed by atoms with Gasteiger partial charge in [0.1, 0.15) is 16.7 Å². The van der Waals surface area contributed by atoms with Crippen LogP contribution >= 0.6 is 0 Å². The van der Waals surface area contributed by atoms with Crippen LogP contribution in [0.5, 0.6) is 0 Å². The minimum atomic E-state index is 0.602. The highest BCUT2D eigenvalue weighted by atomic mass is 16.3. The molecule has 0 aliphatic rings. The lowest BCUT2D eigenvalue weighted by atomic mass is 9.92. The van der Waals surface area contributed by atoms with Crippen molar-refractivity contribution >= 4 is 65.7 Å². The molecule has 10 aromatic carbocycles.